The molecule has 5 N–H and O–H groups in total. The Morgan fingerprint density at radius 1 is 0.488 bits per heavy atom. The number of benzene rings is 8. The normalized spacial score (nSPS) is 14.8. The van der Waals surface area contributed by atoms with Crippen LogP contribution in [0, 0.1) is 0 Å². The van der Waals surface area contributed by atoms with E-state index >= 15 is 0 Å². The first-order chi connectivity index (χ1) is 62.2. The van der Waals surface area contributed by atoms with Crippen LogP contribution in [0.5, 0.6) is 0 Å². The van der Waals surface area contributed by atoms with Crippen LogP contribution in [-0.4, -0.2) is 154 Å². The SMILES string of the molecule is CCN(CC)c1ccc2cc(C(=O)CCCOCCOC(=O)C(/C=C/c3ccc(N)cc3)=C/CO[Si](c3ccccc3)(c3ccccc3)C(C)(C)C)c(=O)oc2c1.CCN(CC)c1ccc2cc(C(=O)CCCOCCOC(=O)C(/C=C/c3ccc(NC(=O)CCCC[C@@H]4SC[C@@H]5NC(=O)N[C@@H]54)cc3)=C/CO[Si](c3ccccc3)(c3ccccc3)C(C)(C)C)c(=O)oc2c1. The number of fused-ring (bicyclic) bond motifs is 3. The van der Waals surface area contributed by atoms with Crippen LogP contribution in [0.4, 0.5) is 27.5 Å². The topological polar surface area (TPSA) is 287 Å². The van der Waals surface area contributed by atoms with Crippen LogP contribution in [0.3, 0.4) is 0 Å². The quantitative estimate of drug-likeness (QED) is 0.00318. The van der Waals surface area contributed by atoms with Gasteiger partial charge in [-0.25, -0.2) is 24.0 Å². The first kappa shape index (κ1) is 97.8. The number of nitrogens with two attached hydrogens (primary N) is 1. The number of thioether (sulfide) groups is 1. The highest BCUT2D eigenvalue weighted by Gasteiger charge is 2.51. The highest BCUT2D eigenvalue weighted by molar-refractivity contribution is 8.00. The molecule has 129 heavy (non-hydrogen) atoms. The third-order valence-corrected chi connectivity index (χ3v) is 34.8. The van der Waals surface area contributed by atoms with E-state index in [9.17, 15) is 38.4 Å². The van der Waals surface area contributed by atoms with Crippen LogP contribution in [0.1, 0.15) is 152 Å². The lowest BCUT2D eigenvalue weighted by atomic mass is 10.0. The summed E-state index contributed by atoms with van der Waals surface area (Å²) in [6.07, 6.45) is 14.6. The molecule has 0 spiro atoms. The minimum Gasteiger partial charge on any atom is -0.460 e. The minimum atomic E-state index is -2.92. The number of Topliss-reactive ketones (excluding diaryl/α,β-unsaturated/α-hetero) is 2. The Hall–Kier alpha value is -11.8. The van der Waals surface area contributed by atoms with Crippen molar-refractivity contribution < 1.29 is 65.4 Å². The van der Waals surface area contributed by atoms with E-state index < -0.39 is 39.8 Å². The van der Waals surface area contributed by atoms with Crippen molar-refractivity contribution >= 4 is 141 Å². The molecule has 2 aliphatic rings. The lowest BCUT2D eigenvalue weighted by Crippen LogP contribution is -2.66. The second kappa shape index (κ2) is 47.5. The van der Waals surface area contributed by atoms with Gasteiger partial charge in [-0.05, 0) is 180 Å². The van der Waals surface area contributed by atoms with Crippen molar-refractivity contribution in [2.24, 2.45) is 0 Å². The zero-order valence-electron chi connectivity index (χ0n) is 75.7. The number of nitrogens with zero attached hydrogens (tertiary/aromatic N) is 2. The van der Waals surface area contributed by atoms with Gasteiger partial charge in [0.05, 0.1) is 49.7 Å². The Morgan fingerprint density at radius 3 is 1.30 bits per heavy atom. The Bertz CT molecular complexity index is 5570. The van der Waals surface area contributed by atoms with Crippen molar-refractivity contribution in [3.63, 3.8) is 0 Å². The molecule has 0 bridgehead atoms. The highest BCUT2D eigenvalue weighted by atomic mass is 32.2. The van der Waals surface area contributed by atoms with E-state index in [2.05, 4.69) is 144 Å². The number of amides is 3. The first-order valence-electron chi connectivity index (χ1n) is 44.7. The summed E-state index contributed by atoms with van der Waals surface area (Å²) in [6, 6.07) is 70.8. The number of unbranched alkanes of at least 4 members (excludes halogenated alkanes) is 1. The van der Waals surface area contributed by atoms with Crippen LogP contribution in [0.2, 0.25) is 10.1 Å². The van der Waals surface area contributed by atoms with Crippen LogP contribution < -0.4 is 63.5 Å². The molecule has 4 heterocycles. The number of carbonyl (C=O) groups excluding carboxylic acids is 6. The van der Waals surface area contributed by atoms with E-state index in [0.29, 0.717) is 69.0 Å². The summed E-state index contributed by atoms with van der Waals surface area (Å²) in [4.78, 5) is 108. The Morgan fingerprint density at radius 2 is 0.899 bits per heavy atom. The molecule has 0 aliphatic carbocycles. The minimum absolute atomic E-state index is 0.0104. The van der Waals surface area contributed by atoms with Crippen molar-refractivity contribution in [3.8, 4) is 0 Å². The molecule has 2 fully saturated rings. The number of nitrogens with one attached hydrogen (secondary N) is 3. The zero-order valence-corrected chi connectivity index (χ0v) is 78.6. The molecule has 12 rings (SSSR count). The molecule has 0 saturated carbocycles. The summed E-state index contributed by atoms with van der Waals surface area (Å²) in [6.45, 7) is 25.8. The molecule has 3 atom stereocenters. The number of urea groups is 1. The predicted molar refractivity (Wildman–Crippen MR) is 524 cm³/mol. The molecule has 25 heteroatoms. The number of carbonyl (C=O) groups is 6. The number of nitrogen functional groups attached to an aromatic ring is 1. The summed E-state index contributed by atoms with van der Waals surface area (Å²) in [5.41, 5.74) is 11.0. The molecular weight excluding hydrogens is 1680 g/mol. The predicted octanol–water partition coefficient (Wildman–Crippen LogP) is 17.0. The number of hydrogen-bond acceptors (Lipinski definition) is 20. The summed E-state index contributed by atoms with van der Waals surface area (Å²) in [5, 5.41) is 14.7. The highest BCUT2D eigenvalue weighted by Crippen LogP contribution is 2.39. The fraction of sp³-hybridized carbons (Fsp3) is 0.346. The lowest BCUT2D eigenvalue weighted by molar-refractivity contribution is -0.141. The van der Waals surface area contributed by atoms with E-state index in [0.717, 1.165) is 94.4 Å². The van der Waals surface area contributed by atoms with Crippen LogP contribution >= 0.6 is 11.8 Å². The van der Waals surface area contributed by atoms with E-state index in [1.165, 1.54) is 0 Å². The van der Waals surface area contributed by atoms with Crippen LogP contribution in [-0.2, 0) is 42.2 Å². The monoisotopic (exact) mass is 1800 g/mol. The Balaban J connectivity index is 0.000000257. The van der Waals surface area contributed by atoms with Crippen molar-refractivity contribution in [1.29, 1.82) is 0 Å². The molecule has 2 saturated heterocycles. The van der Waals surface area contributed by atoms with Gasteiger partial charge in [-0.3, -0.25) is 14.4 Å². The van der Waals surface area contributed by atoms with Crippen molar-refractivity contribution in [2.45, 2.75) is 148 Å². The number of anilines is 4. The second-order valence-corrected chi connectivity index (χ2v) is 43.8. The number of hydrogen-bond donors (Lipinski definition) is 4. The van der Waals surface area contributed by atoms with E-state index in [1.54, 1.807) is 48.6 Å². The molecule has 0 radical (unpaired) electrons. The number of ether oxygens (including phenoxy) is 4. The Kier molecular flexibility index (Phi) is 36.0. The molecule has 22 nitrogen and oxygen atoms in total. The van der Waals surface area contributed by atoms with Gasteiger partial charge >= 0.3 is 29.2 Å². The molecule has 0 unspecified atom stereocenters. The summed E-state index contributed by atoms with van der Waals surface area (Å²) in [5.74, 6) is -0.844. The standard InChI is InChI=1S/C57H68N4O9SSi.C47H54N2O7Si/c1-6-61(7-2)44-31-28-42-37-47(55(65)70-50(42)38-44)49(62)21-16-33-67-35-36-68-54(64)41(32-34-69-72(57(3,4)5,45-17-10-8-11-18-45)46-19-12-9-13-20-46)27-24-40-25-29-43(30-26-40)58-52(63)23-15-14-22-51-53-48(39-71-51)59-56(66)60-53;1-6-49(7-2)39-27-24-37-33-42(46(52)56-44(37)34-39)43(50)19-14-29-53-31-32-54-45(51)36(23-20-35-21-25-38(48)26-22-35)28-30-55-57(47(3,4)5,40-15-10-8-11-16-40)41-17-12-9-13-18-41/h8-13,17-20,24-32,37-38,48,51,53H,6-7,14-16,21-23,33-36,39H2,1-5H3,(H,58,63)(H2,59,60,66);8-13,15-18,20-28,33-34H,6-7,14,19,29-32,48H2,1-5H3/b27-24+,41-32+;23-20+,36-28+/t48-,51-,53-;/m0./s1. The summed E-state index contributed by atoms with van der Waals surface area (Å²) in [7, 11) is -5.77. The average Bonchev–Trinajstić information content (AvgIpc) is 1.23. The largest absolute Gasteiger partial charge is 0.460 e. The van der Waals surface area contributed by atoms with E-state index in [4.69, 9.17) is 42.4 Å². The van der Waals surface area contributed by atoms with Gasteiger partial charge in [0.25, 0.3) is 16.6 Å². The van der Waals surface area contributed by atoms with Crippen molar-refractivity contribution in [2.75, 3.05) is 106 Å². The Labute approximate surface area is 763 Å². The number of rotatable bonds is 44. The maximum absolute atomic E-state index is 13.8. The fourth-order valence-electron chi connectivity index (χ4n) is 16.5. The van der Waals surface area contributed by atoms with Crippen LogP contribution in [0.25, 0.3) is 34.1 Å². The van der Waals surface area contributed by atoms with Gasteiger partial charge in [0, 0.05) is 115 Å². The van der Waals surface area contributed by atoms with Gasteiger partial charge < -0.3 is 68.1 Å². The van der Waals surface area contributed by atoms with Gasteiger partial charge in [-0.1, -0.05) is 206 Å². The van der Waals surface area contributed by atoms with E-state index in [1.807, 2.05) is 170 Å². The van der Waals surface area contributed by atoms with E-state index in [-0.39, 0.29) is 122 Å². The second-order valence-electron chi connectivity index (χ2n) is 33.9. The number of esters is 2. The maximum Gasteiger partial charge on any atom is 0.347 e. The molecule has 678 valence electrons. The molecule has 2 aliphatic heterocycles. The summed E-state index contributed by atoms with van der Waals surface area (Å²) >= 11 is 1.88. The fourth-order valence-corrected chi connectivity index (χ4v) is 27.0. The third kappa shape index (κ3) is 26.3. The lowest BCUT2D eigenvalue weighted by Gasteiger charge is -2.42. The first-order valence-corrected chi connectivity index (χ1v) is 49.5. The van der Waals surface area contributed by atoms with Gasteiger partial charge in [-0.2, -0.15) is 11.8 Å². The molecule has 10 aromatic rings. The van der Waals surface area contributed by atoms with Crippen molar-refractivity contribution in [1.82, 2.24) is 10.6 Å². The molecule has 3 amide bonds. The molecule has 2 aromatic heterocycles. The summed E-state index contributed by atoms with van der Waals surface area (Å²) < 4.78 is 48.1. The van der Waals surface area contributed by atoms with Gasteiger partial charge in [0.2, 0.25) is 5.91 Å². The van der Waals surface area contributed by atoms with Gasteiger partial charge in [0.15, 0.2) is 11.6 Å². The van der Waals surface area contributed by atoms with Gasteiger partial charge in [0.1, 0.15) is 35.5 Å². The molecule has 8 aromatic carbocycles. The van der Waals surface area contributed by atoms with Crippen LogP contribution in [0.15, 0.2) is 272 Å². The zero-order chi connectivity index (χ0) is 91.9. The average molecular weight is 1800 g/mol. The van der Waals surface area contributed by atoms with Gasteiger partial charge in [-0.15, -0.1) is 0 Å². The maximum atomic E-state index is 13.8. The smallest absolute Gasteiger partial charge is 0.347 e. The van der Waals surface area contributed by atoms with Crippen molar-refractivity contribution in [3.05, 3.63) is 297 Å². The number of ketones is 2. The molecular formula is C104H122N6O16SSi2. The third-order valence-electron chi connectivity index (χ3n) is 23.2.